The fraction of sp³-hybridized carbons (Fsp3) is 0.846. The Kier molecular flexibility index (Phi) is 8.66. The van der Waals surface area contributed by atoms with Crippen molar-refractivity contribution in [1.82, 2.24) is 15.5 Å². The quantitative estimate of drug-likeness (QED) is 0.366. The van der Waals surface area contributed by atoms with Gasteiger partial charge in [-0.2, -0.15) is 0 Å². The summed E-state index contributed by atoms with van der Waals surface area (Å²) >= 11 is 0. The number of nitrogens with zero attached hydrogens (tertiary/aromatic N) is 2. The van der Waals surface area contributed by atoms with Gasteiger partial charge in [0.1, 0.15) is 0 Å². The molecule has 0 bridgehead atoms. The van der Waals surface area contributed by atoms with Crippen molar-refractivity contribution in [1.29, 1.82) is 0 Å². The maximum atomic E-state index is 12.0. The van der Waals surface area contributed by atoms with Crippen molar-refractivity contribution in [3.8, 4) is 0 Å². The minimum atomic E-state index is -3.07. The van der Waals surface area contributed by atoms with E-state index in [1.807, 2.05) is 11.8 Å². The van der Waals surface area contributed by atoms with Crippen LogP contribution in [0.2, 0.25) is 0 Å². The minimum Gasteiger partial charge on any atom is -0.359 e. The second kappa shape index (κ2) is 8.90. The molecule has 130 valence electrons. The number of hydrogen-bond donors (Lipinski definition) is 2. The van der Waals surface area contributed by atoms with Crippen LogP contribution in [0.15, 0.2) is 4.99 Å². The van der Waals surface area contributed by atoms with Gasteiger partial charge in [0, 0.05) is 33.1 Å². The maximum absolute atomic E-state index is 12.0. The first-order valence-corrected chi connectivity index (χ1v) is 8.85. The summed E-state index contributed by atoms with van der Waals surface area (Å²) in [7, 11) is -1.48. The number of aliphatic imine (C=N–C) groups is 1. The highest BCUT2D eigenvalue weighted by molar-refractivity contribution is 14.0. The van der Waals surface area contributed by atoms with Crippen LogP contribution in [0.5, 0.6) is 0 Å². The first kappa shape index (κ1) is 21.4. The summed E-state index contributed by atoms with van der Waals surface area (Å²) in [5.74, 6) is 0.736. The molecule has 1 heterocycles. The van der Waals surface area contributed by atoms with Crippen LogP contribution in [-0.4, -0.2) is 68.9 Å². The molecule has 9 heteroatoms. The first-order valence-electron chi connectivity index (χ1n) is 7.19. The van der Waals surface area contributed by atoms with Gasteiger partial charge in [0.05, 0.1) is 17.0 Å². The second-order valence-corrected chi connectivity index (χ2v) is 8.40. The summed E-state index contributed by atoms with van der Waals surface area (Å²) in [6.07, 6.45) is 0.320. The lowest BCUT2D eigenvalue weighted by Gasteiger charge is -2.39. The molecule has 0 aliphatic carbocycles. The summed E-state index contributed by atoms with van der Waals surface area (Å²) in [4.78, 5) is 17.6. The molecule has 0 atom stereocenters. The lowest BCUT2D eigenvalue weighted by Crippen LogP contribution is -2.57. The monoisotopic (exact) mass is 446 g/mol. The van der Waals surface area contributed by atoms with Gasteiger partial charge >= 0.3 is 0 Å². The number of halogens is 1. The van der Waals surface area contributed by atoms with Gasteiger partial charge in [-0.3, -0.25) is 9.79 Å². The molecule has 1 saturated heterocycles. The number of hydrogen-bond acceptors (Lipinski definition) is 4. The van der Waals surface area contributed by atoms with Gasteiger partial charge in [-0.25, -0.2) is 8.42 Å². The molecule has 1 aliphatic rings. The van der Waals surface area contributed by atoms with Crippen LogP contribution in [0.3, 0.4) is 0 Å². The molecular formula is C13H27IN4O3S. The smallest absolute Gasteiger partial charge is 0.221 e. The molecule has 2 N–H and O–H groups in total. The van der Waals surface area contributed by atoms with E-state index in [1.54, 1.807) is 20.9 Å². The molecule has 1 amide bonds. The molecule has 0 saturated carbocycles. The zero-order chi connectivity index (χ0) is 16.1. The molecule has 0 unspecified atom stereocenters. The number of carbonyl (C=O) groups is 1. The van der Waals surface area contributed by atoms with Crippen molar-refractivity contribution in [2.75, 3.05) is 39.0 Å². The average Bonchev–Trinajstić information content (AvgIpc) is 2.40. The maximum Gasteiger partial charge on any atom is 0.221 e. The van der Waals surface area contributed by atoms with Gasteiger partial charge < -0.3 is 15.5 Å². The molecular weight excluding hydrogens is 419 g/mol. The number of rotatable bonds is 4. The lowest BCUT2D eigenvalue weighted by molar-refractivity contribution is -0.120. The van der Waals surface area contributed by atoms with Gasteiger partial charge in [-0.05, 0) is 20.8 Å². The lowest BCUT2D eigenvalue weighted by atomic mass is 10.2. The number of sulfone groups is 1. The Morgan fingerprint density at radius 3 is 2.50 bits per heavy atom. The Morgan fingerprint density at radius 2 is 2.00 bits per heavy atom. The van der Waals surface area contributed by atoms with Gasteiger partial charge in [-0.15, -0.1) is 24.0 Å². The van der Waals surface area contributed by atoms with Crippen molar-refractivity contribution < 1.29 is 13.2 Å². The average molecular weight is 446 g/mol. The first-order chi connectivity index (χ1) is 9.73. The number of carbonyl (C=O) groups excluding carboxylic acids is 1. The van der Waals surface area contributed by atoms with Crippen LogP contribution < -0.4 is 10.6 Å². The van der Waals surface area contributed by atoms with Crippen molar-refractivity contribution in [2.45, 2.75) is 31.9 Å². The number of nitrogens with one attached hydrogen (secondary N) is 2. The van der Waals surface area contributed by atoms with Crippen LogP contribution in [0.25, 0.3) is 0 Å². The van der Waals surface area contributed by atoms with E-state index < -0.39 is 14.6 Å². The van der Waals surface area contributed by atoms with Gasteiger partial charge in [-0.1, -0.05) is 0 Å². The topological polar surface area (TPSA) is 90.9 Å². The van der Waals surface area contributed by atoms with Crippen LogP contribution in [0.4, 0.5) is 0 Å². The fourth-order valence-corrected chi connectivity index (χ4v) is 3.50. The van der Waals surface area contributed by atoms with E-state index in [9.17, 15) is 13.2 Å². The SMILES string of the molecule is CCNC(=NCCC(=O)NC)N1CCS(=O)(=O)C(C)(C)C1.I. The number of amides is 1. The summed E-state index contributed by atoms with van der Waals surface area (Å²) in [6.45, 7) is 7.35. The van der Waals surface area contributed by atoms with Gasteiger partial charge in [0.25, 0.3) is 0 Å². The summed E-state index contributed by atoms with van der Waals surface area (Å²) < 4.78 is 23.3. The summed E-state index contributed by atoms with van der Waals surface area (Å²) in [5, 5.41) is 5.71. The molecule has 0 spiro atoms. The van der Waals surface area contributed by atoms with Gasteiger partial charge in [0.2, 0.25) is 5.91 Å². The van der Waals surface area contributed by atoms with E-state index in [-0.39, 0.29) is 35.6 Å². The normalized spacial score (nSPS) is 20.0. The Bertz CT molecular complexity index is 505. The molecule has 0 aromatic rings. The molecule has 1 aliphatic heterocycles. The van der Waals surface area contributed by atoms with Crippen molar-refractivity contribution in [2.24, 2.45) is 4.99 Å². The van der Waals surface area contributed by atoms with Crippen molar-refractivity contribution in [3.63, 3.8) is 0 Å². The third-order valence-corrected chi connectivity index (χ3v) is 6.09. The molecule has 0 aromatic heterocycles. The zero-order valence-corrected chi connectivity index (χ0v) is 16.8. The zero-order valence-electron chi connectivity index (χ0n) is 13.7. The molecule has 22 heavy (non-hydrogen) atoms. The highest BCUT2D eigenvalue weighted by Gasteiger charge is 2.40. The molecule has 0 aromatic carbocycles. The second-order valence-electron chi connectivity index (χ2n) is 5.66. The number of guanidine groups is 1. The molecule has 7 nitrogen and oxygen atoms in total. The Morgan fingerprint density at radius 1 is 1.36 bits per heavy atom. The molecule has 1 fully saturated rings. The van der Waals surface area contributed by atoms with Crippen molar-refractivity contribution in [3.05, 3.63) is 0 Å². The van der Waals surface area contributed by atoms with E-state index in [4.69, 9.17) is 0 Å². The van der Waals surface area contributed by atoms with E-state index >= 15 is 0 Å². The Balaban J connectivity index is 0.00000441. The van der Waals surface area contributed by atoms with Gasteiger partial charge in [0.15, 0.2) is 15.8 Å². The summed E-state index contributed by atoms with van der Waals surface area (Å²) in [6, 6.07) is 0. The van der Waals surface area contributed by atoms with Crippen LogP contribution in [0.1, 0.15) is 27.2 Å². The third kappa shape index (κ3) is 5.56. The van der Waals surface area contributed by atoms with Crippen molar-refractivity contribution >= 4 is 45.7 Å². The largest absolute Gasteiger partial charge is 0.359 e. The van der Waals surface area contributed by atoms with Crippen LogP contribution in [-0.2, 0) is 14.6 Å². The highest BCUT2D eigenvalue weighted by Crippen LogP contribution is 2.23. The minimum absolute atomic E-state index is 0. The van der Waals surface area contributed by atoms with E-state index in [0.717, 1.165) is 0 Å². The Labute approximate surface area is 150 Å². The van der Waals surface area contributed by atoms with Crippen LogP contribution >= 0.6 is 24.0 Å². The predicted molar refractivity (Wildman–Crippen MR) is 99.5 cm³/mol. The Hall–Kier alpha value is -0.580. The molecule has 0 radical (unpaired) electrons. The predicted octanol–water partition coefficient (Wildman–Crippen LogP) is 0.215. The summed E-state index contributed by atoms with van der Waals surface area (Å²) in [5.41, 5.74) is 0. The van der Waals surface area contributed by atoms with E-state index in [2.05, 4.69) is 15.6 Å². The van der Waals surface area contributed by atoms with E-state index in [1.165, 1.54) is 0 Å². The highest BCUT2D eigenvalue weighted by atomic mass is 127. The van der Waals surface area contributed by atoms with E-state index in [0.29, 0.717) is 38.6 Å². The van der Waals surface area contributed by atoms with Crippen LogP contribution in [0, 0.1) is 0 Å². The molecule has 1 rings (SSSR count). The third-order valence-electron chi connectivity index (χ3n) is 3.56. The fourth-order valence-electron chi connectivity index (χ4n) is 2.14. The standard InChI is InChI=1S/C13H26N4O3S.HI/c1-5-15-12(16-7-6-11(18)14-4)17-8-9-21(19,20)13(2,3)10-17;/h5-10H2,1-4H3,(H,14,18)(H,15,16);1H.